The second-order valence-electron chi connectivity index (χ2n) is 2.53. The van der Waals surface area contributed by atoms with E-state index in [0.29, 0.717) is 0 Å². The Bertz CT molecular complexity index is 345. The van der Waals surface area contributed by atoms with Gasteiger partial charge >= 0.3 is 0 Å². The molecule has 0 unspecified atom stereocenters. The molecule has 0 aliphatic carbocycles. The molecule has 58 valence electrons. The lowest BCUT2D eigenvalue weighted by molar-refractivity contribution is 0.649. The molecule has 2 heterocycles. The molecule has 0 atom stereocenters. The van der Waals surface area contributed by atoms with E-state index >= 15 is 0 Å². The summed E-state index contributed by atoms with van der Waals surface area (Å²) in [7, 11) is 0. The van der Waals surface area contributed by atoms with Gasteiger partial charge in [0.2, 0.25) is 0 Å². The minimum Gasteiger partial charge on any atom is -0.287 e. The molecule has 1 aliphatic rings. The highest BCUT2D eigenvalue weighted by Crippen LogP contribution is 2.20. The van der Waals surface area contributed by atoms with Crippen molar-refractivity contribution in [1.29, 1.82) is 0 Å². The van der Waals surface area contributed by atoms with Crippen LogP contribution in [0, 0.1) is 6.92 Å². The number of hydrogen-bond donors (Lipinski definition) is 0. The molecular formula is C7H8N2OS. The van der Waals surface area contributed by atoms with Crippen molar-refractivity contribution >= 4 is 11.8 Å². The summed E-state index contributed by atoms with van der Waals surface area (Å²) in [5.74, 6) is 0.978. The molecule has 3 nitrogen and oxygen atoms in total. The van der Waals surface area contributed by atoms with Crippen LogP contribution in [-0.4, -0.2) is 15.3 Å². The molecule has 0 saturated heterocycles. The summed E-state index contributed by atoms with van der Waals surface area (Å²) in [6.45, 7) is 2.61. The Balaban J connectivity index is 2.72. The zero-order valence-electron chi connectivity index (χ0n) is 6.20. The van der Waals surface area contributed by atoms with Crippen molar-refractivity contribution in [3.05, 3.63) is 22.1 Å². The van der Waals surface area contributed by atoms with Gasteiger partial charge in [0.05, 0.1) is 0 Å². The van der Waals surface area contributed by atoms with Crippen LogP contribution in [0.1, 0.15) is 5.56 Å². The predicted octanol–water partition coefficient (Wildman–Crippen LogP) is 0.657. The van der Waals surface area contributed by atoms with Gasteiger partial charge in [-0.2, -0.15) is 0 Å². The first-order chi connectivity index (χ1) is 5.29. The van der Waals surface area contributed by atoms with E-state index in [4.69, 9.17) is 0 Å². The van der Waals surface area contributed by atoms with Crippen LogP contribution >= 0.6 is 11.8 Å². The summed E-state index contributed by atoms with van der Waals surface area (Å²) in [5, 5.41) is 0.862. The summed E-state index contributed by atoms with van der Waals surface area (Å²) in [6.07, 6.45) is 1.65. The molecule has 1 aromatic rings. The first-order valence-electron chi connectivity index (χ1n) is 3.48. The molecule has 0 bridgehead atoms. The Morgan fingerprint density at radius 2 is 2.55 bits per heavy atom. The van der Waals surface area contributed by atoms with Gasteiger partial charge < -0.3 is 0 Å². The monoisotopic (exact) mass is 168 g/mol. The van der Waals surface area contributed by atoms with Crippen LogP contribution in [0.25, 0.3) is 0 Å². The predicted molar refractivity (Wildman–Crippen MR) is 44.0 cm³/mol. The van der Waals surface area contributed by atoms with Crippen LogP contribution in [0.4, 0.5) is 0 Å². The summed E-state index contributed by atoms with van der Waals surface area (Å²) < 4.78 is 1.74. The number of hydrogen-bond acceptors (Lipinski definition) is 3. The van der Waals surface area contributed by atoms with E-state index in [2.05, 4.69) is 4.98 Å². The van der Waals surface area contributed by atoms with Crippen LogP contribution in [0.15, 0.2) is 16.1 Å². The third-order valence-electron chi connectivity index (χ3n) is 1.73. The van der Waals surface area contributed by atoms with Crippen LogP contribution in [0.3, 0.4) is 0 Å². The summed E-state index contributed by atoms with van der Waals surface area (Å²) in [4.78, 5) is 15.5. The highest BCUT2D eigenvalue weighted by Gasteiger charge is 2.13. The lowest BCUT2D eigenvalue weighted by Gasteiger charge is -1.99. The zero-order valence-corrected chi connectivity index (χ0v) is 7.02. The van der Waals surface area contributed by atoms with Gasteiger partial charge in [0, 0.05) is 24.1 Å². The van der Waals surface area contributed by atoms with E-state index in [1.807, 2.05) is 0 Å². The van der Waals surface area contributed by atoms with Gasteiger partial charge in [-0.1, -0.05) is 11.8 Å². The number of aromatic nitrogens is 2. The number of thioether (sulfide) groups is 1. The maximum atomic E-state index is 11.4. The lowest BCUT2D eigenvalue weighted by atomic mass is 10.4. The van der Waals surface area contributed by atoms with Crippen LogP contribution in [0.5, 0.6) is 0 Å². The van der Waals surface area contributed by atoms with Crippen molar-refractivity contribution in [2.45, 2.75) is 18.6 Å². The average molecular weight is 168 g/mol. The highest BCUT2D eigenvalue weighted by atomic mass is 32.2. The Morgan fingerprint density at radius 1 is 1.73 bits per heavy atom. The van der Waals surface area contributed by atoms with E-state index in [1.54, 1.807) is 29.4 Å². The quantitative estimate of drug-likeness (QED) is 0.534. The van der Waals surface area contributed by atoms with Gasteiger partial charge in [0.25, 0.3) is 5.56 Å². The molecule has 0 spiro atoms. The summed E-state index contributed by atoms with van der Waals surface area (Å²) in [6, 6.07) is 0. The van der Waals surface area contributed by atoms with Crippen molar-refractivity contribution in [2.24, 2.45) is 0 Å². The molecular weight excluding hydrogens is 160 g/mol. The maximum Gasteiger partial charge on any atom is 0.257 e. The highest BCUT2D eigenvalue weighted by molar-refractivity contribution is 7.99. The largest absolute Gasteiger partial charge is 0.287 e. The number of rotatable bonds is 0. The van der Waals surface area contributed by atoms with Crippen molar-refractivity contribution in [3.63, 3.8) is 0 Å². The van der Waals surface area contributed by atoms with Crippen LogP contribution in [0.2, 0.25) is 0 Å². The fraction of sp³-hybridized carbons (Fsp3) is 0.429. The number of nitrogens with zero attached hydrogens (tertiary/aromatic N) is 2. The topological polar surface area (TPSA) is 34.9 Å². The lowest BCUT2D eigenvalue weighted by Crippen LogP contribution is -2.21. The molecule has 0 amide bonds. The Morgan fingerprint density at radius 3 is 3.36 bits per heavy atom. The molecule has 0 N–H and O–H groups in total. The van der Waals surface area contributed by atoms with Gasteiger partial charge in [0.15, 0.2) is 5.16 Å². The standard InChI is InChI=1S/C7H8N2OS/c1-5-4-8-7-9(6(5)10)2-3-11-7/h4H,2-3H2,1H3. The van der Waals surface area contributed by atoms with E-state index in [9.17, 15) is 4.79 Å². The normalized spacial score (nSPS) is 15.0. The van der Waals surface area contributed by atoms with Gasteiger partial charge in [-0.25, -0.2) is 4.98 Å². The second kappa shape index (κ2) is 2.37. The van der Waals surface area contributed by atoms with E-state index in [1.165, 1.54) is 0 Å². The fourth-order valence-corrected chi connectivity index (χ4v) is 2.03. The molecule has 0 aromatic carbocycles. The third kappa shape index (κ3) is 0.976. The molecule has 0 radical (unpaired) electrons. The molecule has 4 heteroatoms. The Labute approximate surface area is 68.5 Å². The Hall–Kier alpha value is -0.770. The minimum atomic E-state index is 0.111. The SMILES string of the molecule is Cc1cnc2n(c1=O)CCS2. The molecule has 11 heavy (non-hydrogen) atoms. The fourth-order valence-electron chi connectivity index (χ4n) is 1.12. The summed E-state index contributed by atoms with van der Waals surface area (Å²) in [5.41, 5.74) is 0.844. The van der Waals surface area contributed by atoms with Crippen molar-refractivity contribution in [1.82, 2.24) is 9.55 Å². The minimum absolute atomic E-state index is 0.111. The van der Waals surface area contributed by atoms with Gasteiger partial charge in [0.1, 0.15) is 0 Å². The van der Waals surface area contributed by atoms with Gasteiger partial charge in [-0.05, 0) is 6.92 Å². The van der Waals surface area contributed by atoms with E-state index < -0.39 is 0 Å². The van der Waals surface area contributed by atoms with Crippen molar-refractivity contribution in [3.8, 4) is 0 Å². The first-order valence-corrected chi connectivity index (χ1v) is 4.47. The van der Waals surface area contributed by atoms with Crippen LogP contribution < -0.4 is 5.56 Å². The van der Waals surface area contributed by atoms with E-state index in [-0.39, 0.29) is 5.56 Å². The molecule has 0 fully saturated rings. The van der Waals surface area contributed by atoms with Gasteiger partial charge in [-0.15, -0.1) is 0 Å². The number of fused-ring (bicyclic) bond motifs is 1. The van der Waals surface area contributed by atoms with Crippen molar-refractivity contribution < 1.29 is 0 Å². The Kier molecular flexibility index (Phi) is 1.49. The van der Waals surface area contributed by atoms with Gasteiger partial charge in [-0.3, -0.25) is 9.36 Å². The molecule has 2 rings (SSSR count). The maximum absolute atomic E-state index is 11.4. The summed E-state index contributed by atoms with van der Waals surface area (Å²) >= 11 is 1.64. The average Bonchev–Trinajstić information content (AvgIpc) is 2.45. The molecule has 1 aliphatic heterocycles. The number of aryl methyl sites for hydroxylation is 1. The first kappa shape index (κ1) is 6.91. The van der Waals surface area contributed by atoms with Crippen molar-refractivity contribution in [2.75, 3.05) is 5.75 Å². The third-order valence-corrected chi connectivity index (χ3v) is 2.70. The molecule has 1 aromatic heterocycles. The van der Waals surface area contributed by atoms with Crippen LogP contribution in [-0.2, 0) is 6.54 Å². The zero-order chi connectivity index (χ0) is 7.84. The smallest absolute Gasteiger partial charge is 0.257 e. The van der Waals surface area contributed by atoms with E-state index in [0.717, 1.165) is 23.0 Å². The molecule has 0 saturated carbocycles. The second-order valence-corrected chi connectivity index (χ2v) is 3.59.